The number of carbonyl (C=O) groups is 3. The number of carboxylic acids is 2. The zero-order valence-electron chi connectivity index (χ0n) is 10.7. The summed E-state index contributed by atoms with van der Waals surface area (Å²) in [7, 11) is 0. The van der Waals surface area contributed by atoms with Crippen LogP contribution in [-0.4, -0.2) is 44.8 Å². The summed E-state index contributed by atoms with van der Waals surface area (Å²) in [5.74, 6) is -2.53. The average molecular weight is 318 g/mol. The van der Waals surface area contributed by atoms with Crippen LogP contribution < -0.4 is 5.32 Å². The van der Waals surface area contributed by atoms with E-state index in [0.717, 1.165) is 10.7 Å². The van der Waals surface area contributed by atoms with Crippen LogP contribution in [0.1, 0.15) is 17.1 Å². The Kier molecular flexibility index (Phi) is 6.46. The number of carbonyl (C=O) groups excluding carboxylic acids is 1. The topological polar surface area (TPSA) is 117 Å². The molecule has 7 nitrogen and oxygen atoms in total. The van der Waals surface area contributed by atoms with Gasteiger partial charge in [-0.25, -0.2) is 9.78 Å². The van der Waals surface area contributed by atoms with Gasteiger partial charge in [0.25, 0.3) is 0 Å². The molecule has 1 amide bonds. The number of amides is 1. The molecular formula is C11H14N2O5S2. The van der Waals surface area contributed by atoms with E-state index in [1.807, 2.05) is 12.3 Å². The fourth-order valence-corrected chi connectivity index (χ4v) is 2.78. The highest BCUT2D eigenvalue weighted by molar-refractivity contribution is 7.99. The molecule has 9 heteroatoms. The summed E-state index contributed by atoms with van der Waals surface area (Å²) >= 11 is 2.81. The minimum atomic E-state index is -1.40. The number of aromatic nitrogens is 1. The van der Waals surface area contributed by atoms with Crippen molar-refractivity contribution in [2.24, 2.45) is 0 Å². The van der Waals surface area contributed by atoms with Gasteiger partial charge in [-0.3, -0.25) is 9.59 Å². The number of nitrogens with zero attached hydrogens (tertiary/aromatic N) is 1. The Morgan fingerprint density at radius 1 is 1.45 bits per heavy atom. The fraction of sp³-hybridized carbons (Fsp3) is 0.455. The van der Waals surface area contributed by atoms with Crippen LogP contribution in [0, 0.1) is 6.92 Å². The molecule has 0 saturated heterocycles. The number of aryl methyl sites for hydroxylation is 1. The molecule has 0 aliphatic heterocycles. The van der Waals surface area contributed by atoms with E-state index < -0.39 is 30.3 Å². The van der Waals surface area contributed by atoms with E-state index in [0.29, 0.717) is 5.75 Å². The normalized spacial score (nSPS) is 11.8. The summed E-state index contributed by atoms with van der Waals surface area (Å²) in [6.07, 6.45) is -0.642. The lowest BCUT2D eigenvalue weighted by Crippen LogP contribution is -2.43. The third-order valence-corrected chi connectivity index (χ3v) is 3.95. The smallest absolute Gasteiger partial charge is 0.326 e. The Bertz CT molecular complexity index is 503. The monoisotopic (exact) mass is 318 g/mol. The molecule has 0 bridgehead atoms. The Hall–Kier alpha value is -1.61. The number of rotatable bonds is 8. The first-order valence-corrected chi connectivity index (χ1v) is 7.64. The second kappa shape index (κ2) is 7.85. The van der Waals surface area contributed by atoms with Crippen molar-refractivity contribution in [1.29, 1.82) is 0 Å². The van der Waals surface area contributed by atoms with Crippen molar-refractivity contribution in [3.8, 4) is 0 Å². The maximum atomic E-state index is 11.5. The van der Waals surface area contributed by atoms with Gasteiger partial charge >= 0.3 is 11.9 Å². The van der Waals surface area contributed by atoms with E-state index in [-0.39, 0.29) is 5.75 Å². The lowest BCUT2D eigenvalue weighted by atomic mass is 10.2. The van der Waals surface area contributed by atoms with E-state index in [1.54, 1.807) is 0 Å². The third kappa shape index (κ3) is 6.02. The third-order valence-electron chi connectivity index (χ3n) is 2.16. The van der Waals surface area contributed by atoms with Crippen LogP contribution in [0.15, 0.2) is 5.38 Å². The van der Waals surface area contributed by atoms with Crippen molar-refractivity contribution in [2.75, 3.05) is 5.75 Å². The first kappa shape index (κ1) is 16.4. The summed E-state index contributed by atoms with van der Waals surface area (Å²) in [4.78, 5) is 37.0. The van der Waals surface area contributed by atoms with E-state index in [9.17, 15) is 14.4 Å². The molecule has 0 spiro atoms. The Labute approximate surface area is 123 Å². The van der Waals surface area contributed by atoms with Crippen molar-refractivity contribution < 1.29 is 24.6 Å². The standard InChI is InChI=1S/C11H14N2O5S2/c1-6-12-7(4-20-6)3-19-5-9(14)13-8(11(17)18)2-10(15)16/h4,8H,2-3,5H2,1H3,(H,13,14)(H,15,16)(H,17,18)/t8-/m0/s1. The average Bonchev–Trinajstić information content (AvgIpc) is 2.73. The minimum absolute atomic E-state index is 0.0555. The molecule has 1 aromatic rings. The summed E-state index contributed by atoms with van der Waals surface area (Å²) in [5, 5.41) is 22.3. The van der Waals surface area contributed by atoms with Gasteiger partial charge < -0.3 is 15.5 Å². The van der Waals surface area contributed by atoms with Crippen molar-refractivity contribution in [3.63, 3.8) is 0 Å². The largest absolute Gasteiger partial charge is 0.481 e. The Morgan fingerprint density at radius 2 is 2.15 bits per heavy atom. The van der Waals surface area contributed by atoms with Crippen LogP contribution in [0.25, 0.3) is 0 Å². The molecule has 1 heterocycles. The fourth-order valence-electron chi connectivity index (χ4n) is 1.33. The van der Waals surface area contributed by atoms with Crippen LogP contribution in [0.2, 0.25) is 0 Å². The molecule has 0 aliphatic carbocycles. The lowest BCUT2D eigenvalue weighted by Gasteiger charge is -2.11. The molecule has 20 heavy (non-hydrogen) atoms. The highest BCUT2D eigenvalue weighted by Crippen LogP contribution is 2.14. The summed E-state index contributed by atoms with van der Waals surface area (Å²) in [6.45, 7) is 1.88. The number of thioether (sulfide) groups is 1. The highest BCUT2D eigenvalue weighted by Gasteiger charge is 2.22. The summed E-state index contributed by atoms with van der Waals surface area (Å²) < 4.78 is 0. The number of nitrogens with one attached hydrogen (secondary N) is 1. The summed E-state index contributed by atoms with van der Waals surface area (Å²) in [5.41, 5.74) is 0.866. The summed E-state index contributed by atoms with van der Waals surface area (Å²) in [6, 6.07) is -1.40. The van der Waals surface area contributed by atoms with Gasteiger partial charge in [0.05, 0.1) is 22.9 Å². The zero-order valence-corrected chi connectivity index (χ0v) is 12.3. The predicted octanol–water partition coefficient (Wildman–Crippen LogP) is 0.729. The minimum Gasteiger partial charge on any atom is -0.481 e. The number of carboxylic acid groups (broad SMARTS) is 2. The number of aliphatic carboxylic acids is 2. The van der Waals surface area contributed by atoms with Gasteiger partial charge in [0.15, 0.2) is 0 Å². The molecule has 110 valence electrons. The van der Waals surface area contributed by atoms with Crippen LogP contribution >= 0.6 is 23.1 Å². The van der Waals surface area contributed by atoms with Gasteiger partial charge in [0.2, 0.25) is 5.91 Å². The molecule has 0 saturated carbocycles. The van der Waals surface area contributed by atoms with E-state index in [2.05, 4.69) is 10.3 Å². The van der Waals surface area contributed by atoms with Gasteiger partial charge in [0.1, 0.15) is 6.04 Å². The van der Waals surface area contributed by atoms with Gasteiger partial charge in [0, 0.05) is 11.1 Å². The van der Waals surface area contributed by atoms with Gasteiger partial charge in [-0.05, 0) is 6.92 Å². The molecule has 1 aromatic heterocycles. The van der Waals surface area contributed by atoms with Crippen molar-refractivity contribution in [2.45, 2.75) is 25.1 Å². The second-order valence-electron chi connectivity index (χ2n) is 3.91. The number of thiazole rings is 1. The number of hydrogen-bond acceptors (Lipinski definition) is 6. The van der Waals surface area contributed by atoms with Gasteiger partial charge in [-0.15, -0.1) is 23.1 Å². The van der Waals surface area contributed by atoms with Crippen molar-refractivity contribution in [1.82, 2.24) is 10.3 Å². The molecule has 0 fully saturated rings. The maximum Gasteiger partial charge on any atom is 0.326 e. The molecule has 3 N–H and O–H groups in total. The first-order chi connectivity index (χ1) is 9.38. The first-order valence-electron chi connectivity index (χ1n) is 5.61. The van der Waals surface area contributed by atoms with E-state index in [1.165, 1.54) is 23.1 Å². The highest BCUT2D eigenvalue weighted by atomic mass is 32.2. The van der Waals surface area contributed by atoms with E-state index in [4.69, 9.17) is 10.2 Å². The maximum absolute atomic E-state index is 11.5. The second-order valence-corrected chi connectivity index (χ2v) is 5.95. The van der Waals surface area contributed by atoms with Crippen LogP contribution in [-0.2, 0) is 20.1 Å². The van der Waals surface area contributed by atoms with Crippen LogP contribution in [0.5, 0.6) is 0 Å². The van der Waals surface area contributed by atoms with E-state index >= 15 is 0 Å². The Balaban J connectivity index is 2.34. The lowest BCUT2D eigenvalue weighted by molar-refractivity contribution is -0.147. The SMILES string of the molecule is Cc1nc(CSCC(=O)N[C@@H](CC(=O)O)C(=O)O)cs1. The zero-order chi connectivity index (χ0) is 15.1. The van der Waals surface area contributed by atoms with Crippen molar-refractivity contribution >= 4 is 40.9 Å². The number of hydrogen-bond donors (Lipinski definition) is 3. The quantitative estimate of drug-likeness (QED) is 0.647. The molecule has 1 atom stereocenters. The Morgan fingerprint density at radius 3 is 2.65 bits per heavy atom. The van der Waals surface area contributed by atoms with Crippen LogP contribution in [0.4, 0.5) is 0 Å². The van der Waals surface area contributed by atoms with Gasteiger partial charge in [-0.1, -0.05) is 0 Å². The molecule has 0 unspecified atom stereocenters. The molecular weight excluding hydrogens is 304 g/mol. The molecule has 0 radical (unpaired) electrons. The molecule has 0 aliphatic rings. The predicted molar refractivity (Wildman–Crippen MR) is 74.8 cm³/mol. The van der Waals surface area contributed by atoms with Gasteiger partial charge in [-0.2, -0.15) is 0 Å². The molecule has 1 rings (SSSR count). The van der Waals surface area contributed by atoms with Crippen LogP contribution in [0.3, 0.4) is 0 Å². The molecule has 0 aromatic carbocycles. The van der Waals surface area contributed by atoms with Crippen molar-refractivity contribution in [3.05, 3.63) is 16.1 Å².